The molecule has 1 aliphatic rings. The monoisotopic (exact) mass is 224 g/mol. The van der Waals surface area contributed by atoms with Gasteiger partial charge in [0.25, 0.3) is 0 Å². The van der Waals surface area contributed by atoms with E-state index in [1.54, 1.807) is 17.8 Å². The number of fused-ring (bicyclic) bond motifs is 1. The lowest BCUT2D eigenvalue weighted by molar-refractivity contribution is 0.0708. The highest BCUT2D eigenvalue weighted by atomic mass is 32.2. The van der Waals surface area contributed by atoms with Crippen molar-refractivity contribution in [2.75, 3.05) is 0 Å². The van der Waals surface area contributed by atoms with Crippen LogP contribution in [0.15, 0.2) is 23.1 Å². The molecule has 2 nitrogen and oxygen atoms in total. The number of benzene rings is 1. The average molecular weight is 224 g/mol. The molecule has 1 atom stereocenters. The number of phenolic OH excluding ortho intramolecular Hbond substituents is 1. The Hall–Kier alpha value is -0.670. The van der Waals surface area contributed by atoms with E-state index in [1.807, 2.05) is 26.0 Å². The highest BCUT2D eigenvalue weighted by molar-refractivity contribution is 8.00. The Morgan fingerprint density at radius 3 is 2.80 bits per heavy atom. The number of aliphatic hydroxyl groups is 1. The normalized spacial score (nSPS) is 20.3. The van der Waals surface area contributed by atoms with Crippen LogP contribution in [0.25, 0.3) is 0 Å². The van der Waals surface area contributed by atoms with Gasteiger partial charge >= 0.3 is 0 Å². The second-order valence-corrected chi connectivity index (χ2v) is 6.06. The molecular formula is C12H16O2S. The fourth-order valence-electron chi connectivity index (χ4n) is 1.99. The molecule has 1 aromatic carbocycles. The molecule has 2 rings (SSSR count). The van der Waals surface area contributed by atoms with E-state index < -0.39 is 5.60 Å². The molecule has 1 aliphatic heterocycles. The fraction of sp³-hybridized carbons (Fsp3) is 0.500. The quantitative estimate of drug-likeness (QED) is 0.811. The van der Waals surface area contributed by atoms with Crippen LogP contribution in [0.5, 0.6) is 5.75 Å². The van der Waals surface area contributed by atoms with Gasteiger partial charge < -0.3 is 10.2 Å². The van der Waals surface area contributed by atoms with Crippen LogP contribution >= 0.6 is 11.8 Å². The van der Waals surface area contributed by atoms with E-state index in [0.29, 0.717) is 11.0 Å². The predicted octanol–water partition coefficient (Wildman–Crippen LogP) is 2.57. The average Bonchev–Trinajstić information content (AvgIpc) is 2.45. The molecule has 0 spiro atoms. The maximum absolute atomic E-state index is 9.75. The van der Waals surface area contributed by atoms with Crippen molar-refractivity contribution in [3.8, 4) is 5.75 Å². The van der Waals surface area contributed by atoms with Crippen LogP contribution in [-0.2, 0) is 6.42 Å². The van der Waals surface area contributed by atoms with Gasteiger partial charge in [-0.1, -0.05) is 6.07 Å². The van der Waals surface area contributed by atoms with Crippen LogP contribution in [0.1, 0.15) is 25.8 Å². The van der Waals surface area contributed by atoms with Crippen molar-refractivity contribution in [3.05, 3.63) is 23.8 Å². The minimum atomic E-state index is -0.630. The van der Waals surface area contributed by atoms with Crippen molar-refractivity contribution in [1.29, 1.82) is 0 Å². The Balaban J connectivity index is 2.13. The van der Waals surface area contributed by atoms with E-state index in [-0.39, 0.29) is 0 Å². The molecule has 1 aromatic rings. The first-order chi connectivity index (χ1) is 6.96. The Morgan fingerprint density at radius 1 is 1.47 bits per heavy atom. The highest BCUT2D eigenvalue weighted by Crippen LogP contribution is 2.43. The van der Waals surface area contributed by atoms with Crippen molar-refractivity contribution in [2.45, 2.75) is 42.4 Å². The maximum Gasteiger partial charge on any atom is 0.119 e. The maximum atomic E-state index is 9.75. The zero-order valence-corrected chi connectivity index (χ0v) is 9.84. The predicted molar refractivity (Wildman–Crippen MR) is 62.4 cm³/mol. The van der Waals surface area contributed by atoms with Crippen molar-refractivity contribution in [3.63, 3.8) is 0 Å². The van der Waals surface area contributed by atoms with Crippen molar-refractivity contribution >= 4 is 11.8 Å². The van der Waals surface area contributed by atoms with Gasteiger partial charge in [-0.25, -0.2) is 0 Å². The van der Waals surface area contributed by atoms with Crippen LogP contribution in [0, 0.1) is 0 Å². The molecular weight excluding hydrogens is 208 g/mol. The van der Waals surface area contributed by atoms with Gasteiger partial charge in [0.2, 0.25) is 0 Å². The molecule has 0 fully saturated rings. The molecule has 3 heteroatoms. The van der Waals surface area contributed by atoms with Crippen LogP contribution in [-0.4, -0.2) is 21.1 Å². The summed E-state index contributed by atoms with van der Waals surface area (Å²) < 4.78 is 0. The van der Waals surface area contributed by atoms with Gasteiger partial charge in [0, 0.05) is 15.7 Å². The van der Waals surface area contributed by atoms with Crippen LogP contribution in [0.2, 0.25) is 0 Å². The summed E-state index contributed by atoms with van der Waals surface area (Å²) in [5, 5.41) is 19.8. The first-order valence-corrected chi connectivity index (χ1v) is 6.03. The first-order valence-electron chi connectivity index (χ1n) is 5.15. The Bertz CT molecular complexity index is 368. The van der Waals surface area contributed by atoms with Gasteiger partial charge in [0.1, 0.15) is 5.75 Å². The van der Waals surface area contributed by atoms with E-state index in [9.17, 15) is 10.2 Å². The molecule has 0 bridgehead atoms. The molecule has 1 unspecified atom stereocenters. The molecule has 0 saturated carbocycles. The summed E-state index contributed by atoms with van der Waals surface area (Å²) in [5.74, 6) is 0.387. The molecule has 0 aliphatic carbocycles. The smallest absolute Gasteiger partial charge is 0.119 e. The zero-order chi connectivity index (χ0) is 11.1. The number of phenols is 1. The SMILES string of the molecule is CC(C)(O)CC1Cc2c(O)cccc2S1. The lowest BCUT2D eigenvalue weighted by Gasteiger charge is -2.20. The largest absolute Gasteiger partial charge is 0.508 e. The second kappa shape index (κ2) is 3.72. The fourth-order valence-corrected chi connectivity index (χ4v) is 3.58. The Labute approximate surface area is 94.3 Å². The summed E-state index contributed by atoms with van der Waals surface area (Å²) in [4.78, 5) is 1.16. The summed E-state index contributed by atoms with van der Waals surface area (Å²) in [6, 6.07) is 5.63. The summed E-state index contributed by atoms with van der Waals surface area (Å²) in [6.07, 6.45) is 1.61. The van der Waals surface area contributed by atoms with Gasteiger partial charge in [-0.15, -0.1) is 11.8 Å². The molecule has 0 radical (unpaired) electrons. The topological polar surface area (TPSA) is 40.5 Å². The molecule has 82 valence electrons. The van der Waals surface area contributed by atoms with Crippen molar-refractivity contribution < 1.29 is 10.2 Å². The lowest BCUT2D eigenvalue weighted by Crippen LogP contribution is -2.24. The molecule has 2 N–H and O–H groups in total. The van der Waals surface area contributed by atoms with Crippen molar-refractivity contribution in [2.24, 2.45) is 0 Å². The third-order valence-electron chi connectivity index (χ3n) is 2.56. The molecule has 15 heavy (non-hydrogen) atoms. The van der Waals surface area contributed by atoms with E-state index in [0.717, 1.165) is 23.3 Å². The van der Waals surface area contributed by atoms with Crippen molar-refractivity contribution in [1.82, 2.24) is 0 Å². The van der Waals surface area contributed by atoms with E-state index in [4.69, 9.17) is 0 Å². The molecule has 0 saturated heterocycles. The number of hydrogen-bond donors (Lipinski definition) is 2. The zero-order valence-electron chi connectivity index (χ0n) is 9.03. The number of rotatable bonds is 2. The molecule has 0 aromatic heterocycles. The summed E-state index contributed by atoms with van der Waals surface area (Å²) in [6.45, 7) is 3.66. The van der Waals surface area contributed by atoms with Gasteiger partial charge in [-0.2, -0.15) is 0 Å². The second-order valence-electron chi connectivity index (χ2n) is 4.71. The van der Waals surface area contributed by atoms with E-state index in [1.165, 1.54) is 0 Å². The van der Waals surface area contributed by atoms with Crippen LogP contribution in [0.4, 0.5) is 0 Å². The van der Waals surface area contributed by atoms with Gasteiger partial charge in [0.05, 0.1) is 5.60 Å². The third kappa shape index (κ3) is 2.47. The summed E-state index contributed by atoms with van der Waals surface area (Å²) in [7, 11) is 0. The van der Waals surface area contributed by atoms with E-state index >= 15 is 0 Å². The van der Waals surface area contributed by atoms with Crippen LogP contribution < -0.4 is 0 Å². The molecule has 1 heterocycles. The summed E-state index contributed by atoms with van der Waals surface area (Å²) >= 11 is 1.76. The number of thioether (sulfide) groups is 1. The minimum absolute atomic E-state index is 0.383. The first kappa shape index (κ1) is 10.8. The highest BCUT2D eigenvalue weighted by Gasteiger charge is 2.28. The van der Waals surface area contributed by atoms with Gasteiger partial charge in [-0.3, -0.25) is 0 Å². The standard InChI is InChI=1S/C12H16O2S/c1-12(2,14)7-8-6-9-10(13)4-3-5-11(9)15-8/h3-5,8,13-14H,6-7H2,1-2H3. The Kier molecular flexibility index (Phi) is 2.69. The molecule has 0 amide bonds. The lowest BCUT2D eigenvalue weighted by atomic mass is 9.98. The Morgan fingerprint density at radius 2 is 2.20 bits per heavy atom. The minimum Gasteiger partial charge on any atom is -0.508 e. The third-order valence-corrected chi connectivity index (χ3v) is 3.86. The van der Waals surface area contributed by atoms with Gasteiger partial charge in [0.15, 0.2) is 0 Å². The number of aromatic hydroxyl groups is 1. The van der Waals surface area contributed by atoms with Crippen LogP contribution in [0.3, 0.4) is 0 Å². The summed E-state index contributed by atoms with van der Waals surface area (Å²) in [5.41, 5.74) is 0.409. The van der Waals surface area contributed by atoms with E-state index in [2.05, 4.69) is 0 Å². The number of hydrogen-bond acceptors (Lipinski definition) is 3. The van der Waals surface area contributed by atoms with Gasteiger partial charge in [-0.05, 0) is 38.8 Å².